The lowest BCUT2D eigenvalue weighted by Crippen LogP contribution is -2.31. The Morgan fingerprint density at radius 1 is 1.00 bits per heavy atom. The Morgan fingerprint density at radius 2 is 1.71 bits per heavy atom. The molecule has 0 saturated heterocycles. The van der Waals surface area contributed by atoms with Gasteiger partial charge in [0.05, 0.1) is 10.6 Å². The number of anilines is 1. The second kappa shape index (κ2) is 9.73. The molecule has 0 radical (unpaired) electrons. The van der Waals surface area contributed by atoms with Crippen LogP contribution < -0.4 is 9.62 Å². The third kappa shape index (κ3) is 5.21. The standard InChI is InChI=1S/C23H22Cl2N2O3S/c1-3-27(20-7-5-4-6-8-20)31(29,30)22-13-17(10-9-16(22)2)23(28)26-15-18-11-12-19(24)14-21(18)25/h4-14H,3,15H2,1-2H3,(H,26,28). The van der Waals surface area contributed by atoms with Gasteiger partial charge in [-0.15, -0.1) is 0 Å². The van der Waals surface area contributed by atoms with E-state index in [9.17, 15) is 13.2 Å². The van der Waals surface area contributed by atoms with Gasteiger partial charge in [0.25, 0.3) is 15.9 Å². The summed E-state index contributed by atoms with van der Waals surface area (Å²) in [6.45, 7) is 3.93. The van der Waals surface area contributed by atoms with Crippen LogP contribution >= 0.6 is 23.2 Å². The van der Waals surface area contributed by atoms with Crippen LogP contribution in [0.3, 0.4) is 0 Å². The first-order valence-electron chi connectivity index (χ1n) is 9.64. The van der Waals surface area contributed by atoms with Crippen LogP contribution in [0.2, 0.25) is 10.0 Å². The maximum atomic E-state index is 13.4. The molecular formula is C23H22Cl2N2O3S. The van der Waals surface area contributed by atoms with Crippen molar-refractivity contribution >= 4 is 44.8 Å². The maximum Gasteiger partial charge on any atom is 0.264 e. The Labute approximate surface area is 192 Å². The highest BCUT2D eigenvalue weighted by Crippen LogP contribution is 2.26. The van der Waals surface area contributed by atoms with Crippen LogP contribution in [-0.4, -0.2) is 20.9 Å². The number of sulfonamides is 1. The molecular weight excluding hydrogens is 455 g/mol. The second-order valence-corrected chi connectivity index (χ2v) is 9.58. The molecule has 0 aliphatic heterocycles. The average molecular weight is 477 g/mol. The number of hydrogen-bond acceptors (Lipinski definition) is 3. The fraction of sp³-hybridized carbons (Fsp3) is 0.174. The minimum atomic E-state index is -3.85. The Balaban J connectivity index is 1.87. The largest absolute Gasteiger partial charge is 0.348 e. The number of amides is 1. The number of rotatable bonds is 7. The van der Waals surface area contributed by atoms with Gasteiger partial charge in [-0.1, -0.05) is 53.5 Å². The monoisotopic (exact) mass is 476 g/mol. The lowest BCUT2D eigenvalue weighted by molar-refractivity contribution is 0.0950. The molecule has 0 fully saturated rings. The molecule has 3 rings (SSSR count). The number of carbonyl (C=O) groups excluding carboxylic acids is 1. The number of nitrogens with one attached hydrogen (secondary N) is 1. The first-order valence-corrected chi connectivity index (χ1v) is 11.8. The van der Waals surface area contributed by atoms with Gasteiger partial charge in [-0.05, 0) is 61.4 Å². The van der Waals surface area contributed by atoms with E-state index in [1.165, 1.54) is 10.4 Å². The van der Waals surface area contributed by atoms with E-state index in [1.807, 2.05) is 6.07 Å². The van der Waals surface area contributed by atoms with Gasteiger partial charge in [0.1, 0.15) is 0 Å². The van der Waals surface area contributed by atoms with E-state index in [1.54, 1.807) is 68.4 Å². The fourth-order valence-corrected chi connectivity index (χ4v) is 5.37. The summed E-state index contributed by atoms with van der Waals surface area (Å²) in [4.78, 5) is 12.8. The summed E-state index contributed by atoms with van der Waals surface area (Å²) in [7, 11) is -3.85. The Morgan fingerprint density at radius 3 is 2.35 bits per heavy atom. The van der Waals surface area contributed by atoms with Crippen molar-refractivity contribution in [3.8, 4) is 0 Å². The van der Waals surface area contributed by atoms with Crippen LogP contribution in [0.25, 0.3) is 0 Å². The van der Waals surface area contributed by atoms with Gasteiger partial charge in [-0.3, -0.25) is 9.10 Å². The van der Waals surface area contributed by atoms with Crippen molar-refractivity contribution in [3.63, 3.8) is 0 Å². The second-order valence-electron chi connectivity index (χ2n) is 6.90. The minimum absolute atomic E-state index is 0.0929. The van der Waals surface area contributed by atoms with Gasteiger partial charge >= 0.3 is 0 Å². The summed E-state index contributed by atoms with van der Waals surface area (Å²) in [5.74, 6) is -0.398. The highest BCUT2D eigenvalue weighted by Gasteiger charge is 2.26. The summed E-state index contributed by atoms with van der Waals surface area (Å²) in [6.07, 6.45) is 0. The molecule has 0 saturated carbocycles. The van der Waals surface area contributed by atoms with Crippen molar-refractivity contribution < 1.29 is 13.2 Å². The number of para-hydroxylation sites is 1. The number of benzene rings is 3. The van der Waals surface area contributed by atoms with E-state index in [2.05, 4.69) is 5.32 Å². The van der Waals surface area contributed by atoms with Gasteiger partial charge in [-0.2, -0.15) is 0 Å². The first-order chi connectivity index (χ1) is 14.7. The van der Waals surface area contributed by atoms with Gasteiger partial charge in [0, 0.05) is 28.7 Å². The third-order valence-electron chi connectivity index (χ3n) is 4.80. The van der Waals surface area contributed by atoms with Crippen LogP contribution in [0.5, 0.6) is 0 Å². The van der Waals surface area contributed by atoms with Gasteiger partial charge < -0.3 is 5.32 Å². The topological polar surface area (TPSA) is 66.5 Å². The number of carbonyl (C=O) groups is 1. The molecule has 0 aliphatic rings. The predicted molar refractivity (Wildman–Crippen MR) is 125 cm³/mol. The quantitative estimate of drug-likeness (QED) is 0.492. The molecule has 0 aromatic heterocycles. The molecule has 0 aliphatic carbocycles. The molecule has 0 heterocycles. The van der Waals surface area contributed by atoms with Gasteiger partial charge in [0.2, 0.25) is 0 Å². The molecule has 0 bridgehead atoms. The number of halogens is 2. The summed E-state index contributed by atoms with van der Waals surface area (Å²) in [5, 5.41) is 3.73. The van der Waals surface area contributed by atoms with E-state index < -0.39 is 15.9 Å². The van der Waals surface area contributed by atoms with Crippen molar-refractivity contribution in [2.45, 2.75) is 25.3 Å². The molecule has 8 heteroatoms. The Bertz CT molecular complexity index is 1200. The fourth-order valence-electron chi connectivity index (χ4n) is 3.17. The van der Waals surface area contributed by atoms with E-state index in [0.29, 0.717) is 26.9 Å². The highest BCUT2D eigenvalue weighted by atomic mass is 35.5. The smallest absolute Gasteiger partial charge is 0.264 e. The average Bonchev–Trinajstić information content (AvgIpc) is 2.74. The normalized spacial score (nSPS) is 11.2. The molecule has 0 unspecified atom stereocenters. The van der Waals surface area contributed by atoms with Crippen molar-refractivity contribution in [2.75, 3.05) is 10.8 Å². The molecule has 0 atom stereocenters. The van der Waals surface area contributed by atoms with Crippen LogP contribution in [-0.2, 0) is 16.6 Å². The van der Waals surface area contributed by atoms with Gasteiger partial charge in [0.15, 0.2) is 0 Å². The number of aryl methyl sites for hydroxylation is 1. The third-order valence-corrected chi connectivity index (χ3v) is 7.44. The molecule has 5 nitrogen and oxygen atoms in total. The van der Waals surface area contributed by atoms with Crippen LogP contribution in [0.15, 0.2) is 71.6 Å². The lowest BCUT2D eigenvalue weighted by Gasteiger charge is -2.24. The minimum Gasteiger partial charge on any atom is -0.348 e. The van der Waals surface area contributed by atoms with Crippen molar-refractivity contribution in [1.82, 2.24) is 5.32 Å². The Kier molecular flexibility index (Phi) is 7.26. The zero-order valence-electron chi connectivity index (χ0n) is 17.1. The van der Waals surface area contributed by atoms with Crippen LogP contribution in [0.1, 0.15) is 28.4 Å². The van der Waals surface area contributed by atoms with E-state index in [0.717, 1.165) is 0 Å². The number of nitrogens with zero attached hydrogens (tertiary/aromatic N) is 1. The van der Waals surface area contributed by atoms with Crippen molar-refractivity contribution in [3.05, 3.63) is 93.5 Å². The van der Waals surface area contributed by atoms with E-state index >= 15 is 0 Å². The van der Waals surface area contributed by atoms with E-state index in [-0.39, 0.29) is 23.5 Å². The highest BCUT2D eigenvalue weighted by molar-refractivity contribution is 7.92. The van der Waals surface area contributed by atoms with Crippen molar-refractivity contribution in [2.24, 2.45) is 0 Å². The molecule has 31 heavy (non-hydrogen) atoms. The molecule has 0 spiro atoms. The molecule has 162 valence electrons. The zero-order valence-corrected chi connectivity index (χ0v) is 19.4. The maximum absolute atomic E-state index is 13.4. The number of hydrogen-bond donors (Lipinski definition) is 1. The van der Waals surface area contributed by atoms with Crippen molar-refractivity contribution in [1.29, 1.82) is 0 Å². The van der Waals surface area contributed by atoms with Crippen LogP contribution in [0.4, 0.5) is 5.69 Å². The zero-order chi connectivity index (χ0) is 22.6. The lowest BCUT2D eigenvalue weighted by atomic mass is 10.1. The van der Waals surface area contributed by atoms with Gasteiger partial charge in [-0.25, -0.2) is 8.42 Å². The molecule has 1 N–H and O–H groups in total. The SMILES string of the molecule is CCN(c1ccccc1)S(=O)(=O)c1cc(C(=O)NCc2ccc(Cl)cc2Cl)ccc1C. The summed E-state index contributed by atoms with van der Waals surface area (Å²) in [6, 6.07) is 18.5. The Hall–Kier alpha value is -2.54. The summed E-state index contributed by atoms with van der Waals surface area (Å²) in [5.41, 5.74) is 2.09. The van der Waals surface area contributed by atoms with E-state index in [4.69, 9.17) is 23.2 Å². The molecule has 3 aromatic carbocycles. The molecule has 3 aromatic rings. The summed E-state index contributed by atoms with van der Waals surface area (Å²) >= 11 is 12.1. The van der Waals surface area contributed by atoms with Crippen LogP contribution in [0, 0.1) is 6.92 Å². The summed E-state index contributed by atoms with van der Waals surface area (Å²) < 4.78 is 28.1. The first kappa shape index (κ1) is 23.1. The molecule has 1 amide bonds. The predicted octanol–water partition coefficient (Wildman–Crippen LogP) is 5.45.